The number of benzene rings is 2. The number of hydrogen-bond acceptors (Lipinski definition) is 3. The van der Waals surface area contributed by atoms with E-state index in [9.17, 15) is 9.67 Å². The van der Waals surface area contributed by atoms with Gasteiger partial charge >= 0.3 is 7.60 Å². The van der Waals surface area contributed by atoms with Crippen molar-refractivity contribution in [2.24, 2.45) is 0 Å². The zero-order chi connectivity index (χ0) is 19.1. The Balaban J connectivity index is 1.92. The van der Waals surface area contributed by atoms with Crippen LogP contribution in [0.5, 0.6) is 11.5 Å². The highest BCUT2D eigenvalue weighted by molar-refractivity contribution is 7.51. The Kier molecular flexibility index (Phi) is 5.16. The summed E-state index contributed by atoms with van der Waals surface area (Å²) in [5, 5.41) is 10.1. The fourth-order valence-corrected chi connectivity index (χ4v) is 4.13. The van der Waals surface area contributed by atoms with Gasteiger partial charge in [0.05, 0.1) is 0 Å². The smallest absolute Gasteiger partial charge is 0.362 e. The molecule has 2 aromatic carbocycles. The first kappa shape index (κ1) is 19.0. The van der Waals surface area contributed by atoms with Crippen molar-refractivity contribution in [3.05, 3.63) is 58.1 Å². The van der Waals surface area contributed by atoms with Crippen LogP contribution in [0.1, 0.15) is 59.9 Å². The molecule has 0 saturated carbocycles. The summed E-state index contributed by atoms with van der Waals surface area (Å²) in [5.41, 5.74) is 5.63. The van der Waals surface area contributed by atoms with Crippen molar-refractivity contribution in [2.45, 2.75) is 45.4 Å². The van der Waals surface area contributed by atoms with Crippen LogP contribution in [0.15, 0.2) is 30.3 Å². The van der Waals surface area contributed by atoms with Crippen molar-refractivity contribution in [1.29, 1.82) is 0 Å². The molecule has 0 heterocycles. The van der Waals surface area contributed by atoms with Gasteiger partial charge in [-0.05, 0) is 71.7 Å². The van der Waals surface area contributed by atoms with Crippen LogP contribution in [-0.2, 0) is 11.0 Å². The molecule has 1 atom stereocenters. The molecule has 26 heavy (non-hydrogen) atoms. The van der Waals surface area contributed by atoms with Gasteiger partial charge in [0.15, 0.2) is 6.35 Å². The maximum Gasteiger partial charge on any atom is 0.362 e. The molecule has 0 saturated heterocycles. The molecule has 1 aliphatic rings. The molecule has 1 aliphatic carbocycles. The van der Waals surface area contributed by atoms with Crippen molar-refractivity contribution in [3.8, 4) is 11.5 Å². The average Bonchev–Trinajstić information content (AvgIpc) is 2.97. The van der Waals surface area contributed by atoms with Gasteiger partial charge in [-0.1, -0.05) is 26.0 Å². The second-order valence-electron chi connectivity index (χ2n) is 7.32. The number of phenols is 1. The van der Waals surface area contributed by atoms with Gasteiger partial charge in [-0.2, -0.15) is 0 Å². The standard InChI is InChI=1S/C20H25O5P/c1-12(2)18-10-14(5-7-19(18)21)17-6-4-15-9-16(8-13(3)20(15)17)25-11-26(22,23)24/h5,7-10,12,17,21H,4,6,11H2,1-3H3,(H2,22,23,24)/t17-/m0/s1. The summed E-state index contributed by atoms with van der Waals surface area (Å²) in [6.07, 6.45) is 1.26. The van der Waals surface area contributed by atoms with Crippen LogP contribution >= 0.6 is 7.60 Å². The number of fused-ring (bicyclic) bond motifs is 1. The van der Waals surface area contributed by atoms with Gasteiger partial charge in [-0.25, -0.2) is 0 Å². The summed E-state index contributed by atoms with van der Waals surface area (Å²) in [6.45, 7) is 6.14. The van der Waals surface area contributed by atoms with E-state index in [0.717, 1.165) is 29.5 Å². The van der Waals surface area contributed by atoms with E-state index in [1.807, 2.05) is 25.1 Å². The molecule has 6 heteroatoms. The third-order valence-electron chi connectivity index (χ3n) is 4.97. The molecule has 0 aromatic heterocycles. The highest BCUT2D eigenvalue weighted by Crippen LogP contribution is 2.44. The quantitative estimate of drug-likeness (QED) is 0.673. The molecule has 0 amide bonds. The van der Waals surface area contributed by atoms with Gasteiger partial charge in [0.2, 0.25) is 0 Å². The Hall–Kier alpha value is -1.81. The van der Waals surface area contributed by atoms with Crippen LogP contribution in [-0.4, -0.2) is 21.2 Å². The summed E-state index contributed by atoms with van der Waals surface area (Å²) >= 11 is 0. The van der Waals surface area contributed by atoms with Crippen LogP contribution in [0.4, 0.5) is 0 Å². The lowest BCUT2D eigenvalue weighted by molar-refractivity contribution is 0.300. The van der Waals surface area contributed by atoms with E-state index in [0.29, 0.717) is 11.5 Å². The minimum atomic E-state index is -4.19. The topological polar surface area (TPSA) is 87.0 Å². The number of ether oxygens (including phenoxy) is 1. The zero-order valence-electron chi connectivity index (χ0n) is 15.3. The Labute approximate surface area is 153 Å². The molecule has 3 rings (SSSR count). The molecule has 5 nitrogen and oxygen atoms in total. The third kappa shape index (κ3) is 3.96. The summed E-state index contributed by atoms with van der Waals surface area (Å²) in [6, 6.07) is 9.59. The van der Waals surface area contributed by atoms with Gasteiger partial charge in [-0.15, -0.1) is 0 Å². The van der Waals surface area contributed by atoms with Gasteiger partial charge in [0.25, 0.3) is 0 Å². The van der Waals surface area contributed by atoms with Gasteiger partial charge in [0, 0.05) is 5.92 Å². The Morgan fingerprint density at radius 2 is 1.96 bits per heavy atom. The largest absolute Gasteiger partial charge is 0.508 e. The first-order chi connectivity index (χ1) is 12.2. The van der Waals surface area contributed by atoms with Gasteiger partial charge in [-0.3, -0.25) is 4.57 Å². The Bertz CT molecular complexity index is 869. The van der Waals surface area contributed by atoms with Crippen molar-refractivity contribution in [1.82, 2.24) is 0 Å². The van der Waals surface area contributed by atoms with E-state index in [-0.39, 0.29) is 11.8 Å². The van der Waals surface area contributed by atoms with Crippen molar-refractivity contribution in [3.63, 3.8) is 0 Å². The molecule has 0 fully saturated rings. The normalized spacial score (nSPS) is 16.8. The highest BCUT2D eigenvalue weighted by Gasteiger charge is 2.27. The van der Waals surface area contributed by atoms with Crippen LogP contribution < -0.4 is 4.74 Å². The van der Waals surface area contributed by atoms with Crippen LogP contribution in [0.2, 0.25) is 0 Å². The highest BCUT2D eigenvalue weighted by atomic mass is 31.2. The fourth-order valence-electron chi connectivity index (χ4n) is 3.81. The Morgan fingerprint density at radius 1 is 1.23 bits per heavy atom. The van der Waals surface area contributed by atoms with E-state index in [2.05, 4.69) is 19.9 Å². The minimum absolute atomic E-state index is 0.250. The molecular weight excluding hydrogens is 351 g/mol. The Morgan fingerprint density at radius 3 is 2.62 bits per heavy atom. The van der Waals surface area contributed by atoms with E-state index < -0.39 is 13.9 Å². The maximum atomic E-state index is 11.0. The molecule has 0 bridgehead atoms. The maximum absolute atomic E-state index is 11.0. The molecule has 0 radical (unpaired) electrons. The summed E-state index contributed by atoms with van der Waals surface area (Å²) in [5.74, 6) is 1.35. The van der Waals surface area contributed by atoms with E-state index in [4.69, 9.17) is 14.5 Å². The monoisotopic (exact) mass is 376 g/mol. The van der Waals surface area contributed by atoms with Crippen molar-refractivity contribution >= 4 is 7.60 Å². The van der Waals surface area contributed by atoms with Gasteiger partial charge in [0.1, 0.15) is 11.5 Å². The predicted octanol–water partition coefficient (Wildman–Crippen LogP) is 4.42. The summed E-state index contributed by atoms with van der Waals surface area (Å²) in [4.78, 5) is 18.0. The molecule has 3 N–H and O–H groups in total. The molecule has 0 aliphatic heterocycles. The average molecular weight is 376 g/mol. The van der Waals surface area contributed by atoms with Gasteiger partial charge < -0.3 is 19.6 Å². The van der Waals surface area contributed by atoms with E-state index in [1.165, 1.54) is 11.1 Å². The molecule has 0 unspecified atom stereocenters. The second kappa shape index (κ2) is 7.07. The third-order valence-corrected chi connectivity index (χ3v) is 5.44. The number of rotatable bonds is 5. The van der Waals surface area contributed by atoms with E-state index in [1.54, 1.807) is 6.07 Å². The predicted molar refractivity (Wildman–Crippen MR) is 101 cm³/mol. The SMILES string of the molecule is Cc1cc(OCP(=O)(O)O)cc2c1[C@H](c1ccc(O)c(C(C)C)c1)CC2. The first-order valence-corrected chi connectivity index (χ1v) is 10.6. The molecule has 140 valence electrons. The molecular formula is C20H25O5P. The summed E-state index contributed by atoms with van der Waals surface area (Å²) in [7, 11) is -4.19. The van der Waals surface area contributed by atoms with Crippen molar-refractivity contribution in [2.75, 3.05) is 6.35 Å². The lowest BCUT2D eigenvalue weighted by Gasteiger charge is -2.18. The zero-order valence-corrected chi connectivity index (χ0v) is 16.2. The van der Waals surface area contributed by atoms with Crippen LogP contribution in [0.25, 0.3) is 0 Å². The second-order valence-corrected chi connectivity index (χ2v) is 8.90. The number of aryl methyl sites for hydroxylation is 2. The number of aromatic hydroxyl groups is 1. The number of hydrogen-bond donors (Lipinski definition) is 3. The molecule has 2 aromatic rings. The van der Waals surface area contributed by atoms with Crippen molar-refractivity contribution < 1.29 is 24.2 Å². The lowest BCUT2D eigenvalue weighted by Crippen LogP contribution is -2.02. The summed E-state index contributed by atoms with van der Waals surface area (Å²) < 4.78 is 16.3. The van der Waals surface area contributed by atoms with Crippen LogP contribution in [0.3, 0.4) is 0 Å². The lowest BCUT2D eigenvalue weighted by atomic mass is 9.87. The fraction of sp³-hybridized carbons (Fsp3) is 0.400. The minimum Gasteiger partial charge on any atom is -0.508 e. The van der Waals surface area contributed by atoms with E-state index >= 15 is 0 Å². The first-order valence-electron chi connectivity index (χ1n) is 8.79. The number of phenolic OH excluding ortho intramolecular Hbond substituents is 1. The molecule has 0 spiro atoms. The van der Waals surface area contributed by atoms with Crippen LogP contribution in [0, 0.1) is 6.92 Å².